The van der Waals surface area contributed by atoms with E-state index in [0.717, 1.165) is 0 Å². The standard InChI is InChI=1S/C14H12FN3O/c1-9-12(8-18(2)17-9)14(19)11(7-16)10-5-3-4-6-13(10)15/h3-6,8,11H,1-2H3. The van der Waals surface area contributed by atoms with Gasteiger partial charge in [-0.1, -0.05) is 18.2 Å². The first-order chi connectivity index (χ1) is 9.04. The maximum absolute atomic E-state index is 13.7. The lowest BCUT2D eigenvalue weighted by Gasteiger charge is -2.08. The minimum absolute atomic E-state index is 0.0956. The van der Waals surface area contributed by atoms with E-state index in [1.807, 2.05) is 6.07 Å². The minimum Gasteiger partial charge on any atom is -0.292 e. The van der Waals surface area contributed by atoms with Gasteiger partial charge in [-0.15, -0.1) is 0 Å². The van der Waals surface area contributed by atoms with Gasteiger partial charge >= 0.3 is 0 Å². The van der Waals surface area contributed by atoms with E-state index >= 15 is 0 Å². The Kier molecular flexibility index (Phi) is 3.43. The number of carbonyl (C=O) groups excluding carboxylic acids is 1. The molecule has 19 heavy (non-hydrogen) atoms. The van der Waals surface area contributed by atoms with Gasteiger partial charge < -0.3 is 0 Å². The number of Topliss-reactive ketones (excluding diaryl/α,β-unsaturated/α-hetero) is 1. The lowest BCUT2D eigenvalue weighted by atomic mass is 9.92. The van der Waals surface area contributed by atoms with Crippen LogP contribution in [0.5, 0.6) is 0 Å². The summed E-state index contributed by atoms with van der Waals surface area (Å²) in [5, 5.41) is 13.2. The van der Waals surface area contributed by atoms with E-state index in [1.54, 1.807) is 26.2 Å². The molecule has 0 aliphatic heterocycles. The van der Waals surface area contributed by atoms with Gasteiger partial charge in [-0.2, -0.15) is 10.4 Å². The number of nitrogens with zero attached hydrogens (tertiary/aromatic N) is 3. The summed E-state index contributed by atoms with van der Waals surface area (Å²) in [6.07, 6.45) is 1.54. The second kappa shape index (κ2) is 5.02. The quantitative estimate of drug-likeness (QED) is 0.793. The Balaban J connectivity index is 2.44. The van der Waals surface area contributed by atoms with Crippen molar-refractivity contribution in [2.24, 2.45) is 7.05 Å². The molecule has 2 aromatic rings. The van der Waals surface area contributed by atoms with E-state index < -0.39 is 17.5 Å². The molecule has 1 aromatic heterocycles. The van der Waals surface area contributed by atoms with Crippen molar-refractivity contribution in [1.82, 2.24) is 9.78 Å². The van der Waals surface area contributed by atoms with Crippen molar-refractivity contribution in [3.05, 3.63) is 53.1 Å². The van der Waals surface area contributed by atoms with Gasteiger partial charge in [0.2, 0.25) is 0 Å². The molecule has 0 aliphatic rings. The topological polar surface area (TPSA) is 58.7 Å². The zero-order chi connectivity index (χ0) is 14.0. The van der Waals surface area contributed by atoms with Crippen LogP contribution in [0.2, 0.25) is 0 Å². The maximum atomic E-state index is 13.7. The highest BCUT2D eigenvalue weighted by molar-refractivity contribution is 6.03. The van der Waals surface area contributed by atoms with Crippen LogP contribution < -0.4 is 0 Å². The first-order valence-corrected chi connectivity index (χ1v) is 5.73. The maximum Gasteiger partial charge on any atom is 0.187 e. The van der Waals surface area contributed by atoms with Crippen molar-refractivity contribution in [3.8, 4) is 6.07 Å². The van der Waals surface area contributed by atoms with E-state index in [4.69, 9.17) is 5.26 Å². The molecule has 4 nitrogen and oxygen atoms in total. The third-order valence-corrected chi connectivity index (χ3v) is 2.89. The van der Waals surface area contributed by atoms with Gasteiger partial charge in [-0.3, -0.25) is 9.48 Å². The molecule has 1 aromatic carbocycles. The van der Waals surface area contributed by atoms with E-state index in [0.29, 0.717) is 11.3 Å². The number of hydrogen-bond donors (Lipinski definition) is 0. The summed E-state index contributed by atoms with van der Waals surface area (Å²) in [5.41, 5.74) is 0.972. The van der Waals surface area contributed by atoms with Crippen LogP contribution in [0.4, 0.5) is 4.39 Å². The van der Waals surface area contributed by atoms with Crippen LogP contribution in [0, 0.1) is 24.1 Å². The summed E-state index contributed by atoms with van der Waals surface area (Å²) in [7, 11) is 1.69. The lowest BCUT2D eigenvalue weighted by Crippen LogP contribution is -2.13. The predicted octanol–water partition coefficient (Wildman–Crippen LogP) is 2.36. The molecule has 1 atom stereocenters. The van der Waals surface area contributed by atoms with Gasteiger partial charge in [0.1, 0.15) is 11.7 Å². The van der Waals surface area contributed by atoms with E-state index in [9.17, 15) is 9.18 Å². The molecule has 1 unspecified atom stereocenters. The van der Waals surface area contributed by atoms with E-state index in [2.05, 4.69) is 5.10 Å². The first kappa shape index (κ1) is 13.0. The highest BCUT2D eigenvalue weighted by Gasteiger charge is 2.26. The van der Waals surface area contributed by atoms with Crippen LogP contribution in [0.25, 0.3) is 0 Å². The molecule has 5 heteroatoms. The molecule has 0 saturated heterocycles. The van der Waals surface area contributed by atoms with Gasteiger partial charge in [0.05, 0.1) is 17.3 Å². The number of ketones is 1. The molecule has 2 rings (SSSR count). The number of halogens is 1. The predicted molar refractivity (Wildman–Crippen MR) is 67.0 cm³/mol. The van der Waals surface area contributed by atoms with Gasteiger partial charge in [0, 0.05) is 18.8 Å². The molecule has 96 valence electrons. The van der Waals surface area contributed by atoms with Crippen LogP contribution in [-0.2, 0) is 7.05 Å². The van der Waals surface area contributed by atoms with Crippen LogP contribution in [0.1, 0.15) is 27.5 Å². The van der Waals surface area contributed by atoms with Crippen molar-refractivity contribution in [2.45, 2.75) is 12.8 Å². The highest BCUT2D eigenvalue weighted by Crippen LogP contribution is 2.24. The molecule has 1 heterocycles. The van der Waals surface area contributed by atoms with Crippen molar-refractivity contribution in [1.29, 1.82) is 5.26 Å². The summed E-state index contributed by atoms with van der Waals surface area (Å²) in [6, 6.07) is 7.68. The Bertz CT molecular complexity index is 670. The van der Waals surface area contributed by atoms with E-state index in [-0.39, 0.29) is 5.56 Å². The Hall–Kier alpha value is -2.48. The summed E-state index contributed by atoms with van der Waals surface area (Å²) in [5.74, 6) is -2.13. The molecule has 0 spiro atoms. The average Bonchev–Trinajstić information content (AvgIpc) is 2.71. The Labute approximate surface area is 110 Å². The molecular weight excluding hydrogens is 245 g/mol. The summed E-state index contributed by atoms with van der Waals surface area (Å²) >= 11 is 0. The second-order valence-electron chi connectivity index (χ2n) is 4.25. The molecule has 0 amide bonds. The van der Waals surface area contributed by atoms with Gasteiger partial charge in [-0.05, 0) is 13.0 Å². The smallest absolute Gasteiger partial charge is 0.187 e. The zero-order valence-electron chi connectivity index (χ0n) is 10.6. The largest absolute Gasteiger partial charge is 0.292 e. The number of benzene rings is 1. The second-order valence-corrected chi connectivity index (χ2v) is 4.25. The number of aryl methyl sites for hydroxylation is 2. The Morgan fingerprint density at radius 1 is 1.47 bits per heavy atom. The normalized spacial score (nSPS) is 11.9. The molecule has 0 bridgehead atoms. The number of nitriles is 1. The van der Waals surface area contributed by atoms with Gasteiger partial charge in [0.15, 0.2) is 5.78 Å². The molecular formula is C14H12FN3O. The number of aromatic nitrogens is 2. The van der Waals surface area contributed by atoms with E-state index in [1.165, 1.54) is 22.9 Å². The van der Waals surface area contributed by atoms with Crippen molar-refractivity contribution in [3.63, 3.8) is 0 Å². The fraction of sp³-hybridized carbons (Fsp3) is 0.214. The third-order valence-electron chi connectivity index (χ3n) is 2.89. The molecule has 0 saturated carbocycles. The molecule has 0 radical (unpaired) electrons. The number of hydrogen-bond acceptors (Lipinski definition) is 3. The highest BCUT2D eigenvalue weighted by atomic mass is 19.1. The fourth-order valence-corrected chi connectivity index (χ4v) is 1.98. The SMILES string of the molecule is Cc1nn(C)cc1C(=O)C(C#N)c1ccccc1F. The number of rotatable bonds is 3. The van der Waals surface area contributed by atoms with Crippen molar-refractivity contribution in [2.75, 3.05) is 0 Å². The average molecular weight is 257 g/mol. The van der Waals surface area contributed by atoms with Crippen LogP contribution in [-0.4, -0.2) is 15.6 Å². The summed E-state index contributed by atoms with van der Waals surface area (Å²) in [6.45, 7) is 1.68. The fourth-order valence-electron chi connectivity index (χ4n) is 1.98. The Morgan fingerprint density at radius 2 is 2.16 bits per heavy atom. The van der Waals surface area contributed by atoms with Crippen LogP contribution >= 0.6 is 0 Å². The van der Waals surface area contributed by atoms with Gasteiger partial charge in [-0.25, -0.2) is 4.39 Å². The summed E-state index contributed by atoms with van der Waals surface area (Å²) in [4.78, 5) is 12.3. The van der Waals surface area contributed by atoms with Gasteiger partial charge in [0.25, 0.3) is 0 Å². The molecule has 0 aliphatic carbocycles. The first-order valence-electron chi connectivity index (χ1n) is 5.73. The van der Waals surface area contributed by atoms with Crippen LogP contribution in [0.15, 0.2) is 30.5 Å². The zero-order valence-corrected chi connectivity index (χ0v) is 10.6. The molecule has 0 fully saturated rings. The van der Waals surface area contributed by atoms with Crippen molar-refractivity contribution >= 4 is 5.78 Å². The Morgan fingerprint density at radius 3 is 2.68 bits per heavy atom. The lowest BCUT2D eigenvalue weighted by molar-refractivity contribution is 0.0977. The molecule has 0 N–H and O–H groups in total. The number of carbonyl (C=O) groups is 1. The third kappa shape index (κ3) is 2.38. The van der Waals surface area contributed by atoms with Crippen LogP contribution in [0.3, 0.4) is 0 Å². The minimum atomic E-state index is -1.15. The summed E-state index contributed by atoms with van der Waals surface area (Å²) < 4.78 is 15.2. The van der Waals surface area contributed by atoms with Crippen molar-refractivity contribution < 1.29 is 9.18 Å². The monoisotopic (exact) mass is 257 g/mol.